The first-order valence-corrected chi connectivity index (χ1v) is 18.9. The Balaban J connectivity index is 1.31. The van der Waals surface area contributed by atoms with Gasteiger partial charge < -0.3 is 0 Å². The standard InChI is InChI=1S/C40H48N2O2S2/c1-39(2,3)45(43)41-37-26-33(23-31-15-10-11-18-35(31)37)29-17-12-16-28(21-29)30-19-20-36-34(22-30)24-32(27-13-8-7-9-14-27)25-38(36)42-46(44)40(4,5)6/h7-22,32-33,37-38,41-42H,23-26H2,1-6H3/t32-,33+,37+,38+,45-,46-/m0/s1. The van der Waals surface area contributed by atoms with E-state index < -0.39 is 22.0 Å². The van der Waals surface area contributed by atoms with E-state index in [1.54, 1.807) is 0 Å². The summed E-state index contributed by atoms with van der Waals surface area (Å²) in [4.78, 5) is 0. The van der Waals surface area contributed by atoms with Gasteiger partial charge in [0.15, 0.2) is 0 Å². The molecule has 0 saturated heterocycles. The smallest absolute Gasteiger partial charge is 0.0975 e. The van der Waals surface area contributed by atoms with Crippen molar-refractivity contribution in [2.24, 2.45) is 0 Å². The molecule has 4 aromatic carbocycles. The summed E-state index contributed by atoms with van der Waals surface area (Å²) in [5.74, 6) is 0.681. The van der Waals surface area contributed by atoms with E-state index in [-0.39, 0.29) is 21.6 Å². The summed E-state index contributed by atoms with van der Waals surface area (Å²) in [6, 6.07) is 35.3. The van der Waals surface area contributed by atoms with E-state index >= 15 is 0 Å². The molecular weight excluding hydrogens is 605 g/mol. The van der Waals surface area contributed by atoms with Crippen molar-refractivity contribution < 1.29 is 8.42 Å². The molecule has 0 heterocycles. The number of fused-ring (bicyclic) bond motifs is 2. The molecule has 0 spiro atoms. The number of hydrogen-bond acceptors (Lipinski definition) is 2. The maximum absolute atomic E-state index is 13.2. The van der Waals surface area contributed by atoms with Gasteiger partial charge in [-0.1, -0.05) is 97.1 Å². The third-order valence-corrected chi connectivity index (χ3v) is 12.7. The predicted molar refractivity (Wildman–Crippen MR) is 194 cm³/mol. The second-order valence-electron chi connectivity index (χ2n) is 15.0. The van der Waals surface area contributed by atoms with Gasteiger partial charge in [-0.05, 0) is 124 Å². The first-order chi connectivity index (χ1) is 21.9. The van der Waals surface area contributed by atoms with E-state index in [1.165, 1.54) is 44.5 Å². The second-order valence-corrected chi connectivity index (χ2v) is 19.0. The fourth-order valence-electron chi connectivity index (χ4n) is 6.92. The van der Waals surface area contributed by atoms with Crippen molar-refractivity contribution in [1.82, 2.24) is 9.44 Å². The van der Waals surface area contributed by atoms with Crippen molar-refractivity contribution in [3.05, 3.63) is 130 Å². The van der Waals surface area contributed by atoms with Gasteiger partial charge in [0.25, 0.3) is 0 Å². The fourth-order valence-corrected chi connectivity index (χ4v) is 8.59. The average molecular weight is 653 g/mol. The monoisotopic (exact) mass is 652 g/mol. The fraction of sp³-hybridized carbons (Fsp3) is 0.400. The van der Waals surface area contributed by atoms with Crippen LogP contribution in [0.5, 0.6) is 0 Å². The highest BCUT2D eigenvalue weighted by molar-refractivity contribution is 7.84. The first kappa shape index (κ1) is 33.0. The number of benzene rings is 4. The summed E-state index contributed by atoms with van der Waals surface area (Å²) in [5, 5.41) is 0. The van der Waals surface area contributed by atoms with Gasteiger partial charge in [-0.3, -0.25) is 0 Å². The van der Waals surface area contributed by atoms with E-state index in [9.17, 15) is 8.42 Å². The van der Waals surface area contributed by atoms with E-state index in [4.69, 9.17) is 0 Å². The van der Waals surface area contributed by atoms with Crippen LogP contribution in [0, 0.1) is 0 Å². The molecule has 4 nitrogen and oxygen atoms in total. The van der Waals surface area contributed by atoms with Gasteiger partial charge >= 0.3 is 0 Å². The van der Waals surface area contributed by atoms with Crippen LogP contribution in [0.25, 0.3) is 11.1 Å². The Hall–Kier alpha value is -2.90. The summed E-state index contributed by atoms with van der Waals surface area (Å²) >= 11 is 0. The van der Waals surface area contributed by atoms with Crippen LogP contribution in [-0.2, 0) is 34.8 Å². The molecule has 0 saturated carbocycles. The molecule has 0 radical (unpaired) electrons. The Kier molecular flexibility index (Phi) is 9.55. The molecule has 2 aliphatic rings. The molecule has 0 fully saturated rings. The van der Waals surface area contributed by atoms with Gasteiger partial charge in [0.1, 0.15) is 0 Å². The van der Waals surface area contributed by atoms with Crippen molar-refractivity contribution in [2.75, 3.05) is 0 Å². The lowest BCUT2D eigenvalue weighted by Crippen LogP contribution is -2.38. The lowest BCUT2D eigenvalue weighted by molar-refractivity contribution is 0.473. The van der Waals surface area contributed by atoms with Gasteiger partial charge in [-0.15, -0.1) is 0 Å². The van der Waals surface area contributed by atoms with Crippen molar-refractivity contribution in [3.8, 4) is 11.1 Å². The highest BCUT2D eigenvalue weighted by atomic mass is 32.2. The van der Waals surface area contributed by atoms with E-state index in [2.05, 4.69) is 107 Å². The van der Waals surface area contributed by atoms with E-state index in [0.717, 1.165) is 25.7 Å². The van der Waals surface area contributed by atoms with Crippen molar-refractivity contribution in [1.29, 1.82) is 0 Å². The van der Waals surface area contributed by atoms with Crippen molar-refractivity contribution >= 4 is 22.0 Å². The molecule has 242 valence electrons. The van der Waals surface area contributed by atoms with Gasteiger partial charge in [0.05, 0.1) is 31.5 Å². The minimum absolute atomic E-state index is 0.0276. The minimum Gasteiger partial charge on any atom is -0.242 e. The van der Waals surface area contributed by atoms with Crippen LogP contribution >= 0.6 is 0 Å². The lowest BCUT2D eigenvalue weighted by atomic mass is 9.76. The predicted octanol–water partition coefficient (Wildman–Crippen LogP) is 9.00. The molecule has 0 aromatic heterocycles. The molecule has 6 heteroatoms. The molecule has 0 unspecified atom stereocenters. The Bertz CT molecular complexity index is 1740. The molecule has 2 aliphatic carbocycles. The van der Waals surface area contributed by atoms with Crippen LogP contribution in [0.4, 0.5) is 0 Å². The van der Waals surface area contributed by atoms with Gasteiger partial charge in [-0.25, -0.2) is 17.9 Å². The minimum atomic E-state index is -1.16. The topological polar surface area (TPSA) is 58.2 Å². The van der Waals surface area contributed by atoms with Crippen molar-refractivity contribution in [2.45, 2.75) is 101 Å². The molecule has 0 amide bonds. The third kappa shape index (κ3) is 7.31. The van der Waals surface area contributed by atoms with Crippen LogP contribution in [-0.4, -0.2) is 17.9 Å². The van der Waals surface area contributed by atoms with Crippen LogP contribution in [0.2, 0.25) is 0 Å². The summed E-state index contributed by atoms with van der Waals surface area (Å²) in [7, 11) is -2.32. The molecular formula is C40H48N2O2S2. The van der Waals surface area contributed by atoms with Crippen molar-refractivity contribution in [3.63, 3.8) is 0 Å². The Labute approximate surface area is 281 Å². The third-order valence-electron chi connectivity index (χ3n) is 9.50. The number of hydrogen-bond donors (Lipinski definition) is 2. The van der Waals surface area contributed by atoms with E-state index in [1.807, 2.05) is 41.5 Å². The van der Waals surface area contributed by atoms with E-state index in [0.29, 0.717) is 11.8 Å². The summed E-state index contributed by atoms with van der Waals surface area (Å²) in [6.45, 7) is 12.1. The van der Waals surface area contributed by atoms with Crippen LogP contribution < -0.4 is 9.44 Å². The second kappa shape index (κ2) is 13.3. The molecule has 0 aliphatic heterocycles. The van der Waals surface area contributed by atoms with Crippen LogP contribution in [0.3, 0.4) is 0 Å². The zero-order valence-corrected chi connectivity index (χ0v) is 29.6. The van der Waals surface area contributed by atoms with Gasteiger partial charge in [-0.2, -0.15) is 0 Å². The number of rotatable bonds is 7. The molecule has 2 N–H and O–H groups in total. The Morgan fingerprint density at radius 3 is 1.72 bits per heavy atom. The molecule has 6 rings (SSSR count). The zero-order chi connectivity index (χ0) is 32.6. The summed E-state index contributed by atoms with van der Waals surface area (Å²) in [6.07, 6.45) is 3.77. The Morgan fingerprint density at radius 2 is 1.07 bits per heavy atom. The van der Waals surface area contributed by atoms with Gasteiger partial charge in [0, 0.05) is 12.1 Å². The maximum Gasteiger partial charge on any atom is 0.0975 e. The summed E-state index contributed by atoms with van der Waals surface area (Å²) < 4.78 is 32.7. The highest BCUT2D eigenvalue weighted by Gasteiger charge is 2.33. The number of nitrogens with one attached hydrogen (secondary N) is 2. The molecule has 6 atom stereocenters. The van der Waals surface area contributed by atoms with Gasteiger partial charge in [0.2, 0.25) is 0 Å². The molecule has 0 bridgehead atoms. The highest BCUT2D eigenvalue weighted by Crippen LogP contribution is 2.43. The molecule has 46 heavy (non-hydrogen) atoms. The zero-order valence-electron chi connectivity index (χ0n) is 28.0. The van der Waals surface area contributed by atoms with Crippen LogP contribution in [0.15, 0.2) is 97.1 Å². The SMILES string of the molecule is CC(C)(C)[S@](=O)N[C@@H]1C[C@H](c2cccc(-c3ccc4c(c3)C[C@H](c3ccccc3)C[C@H]4N[S@@](=O)C(C)(C)C)c2)Cc2ccccc21. The molecule has 4 aromatic rings. The maximum atomic E-state index is 13.2. The Morgan fingerprint density at radius 1 is 0.543 bits per heavy atom. The normalized spacial score (nSPS) is 22.8. The lowest BCUT2D eigenvalue weighted by Gasteiger charge is -2.34. The quantitative estimate of drug-likeness (QED) is 0.209. The summed E-state index contributed by atoms with van der Waals surface area (Å²) in [5.41, 5.74) is 10.3. The van der Waals surface area contributed by atoms with Crippen LogP contribution in [0.1, 0.15) is 112 Å². The average Bonchev–Trinajstić information content (AvgIpc) is 3.04. The first-order valence-electron chi connectivity index (χ1n) is 16.6. The largest absolute Gasteiger partial charge is 0.242 e.